The summed E-state index contributed by atoms with van der Waals surface area (Å²) in [5.41, 5.74) is 5.83. The van der Waals surface area contributed by atoms with Crippen molar-refractivity contribution in [3.63, 3.8) is 0 Å². The molecule has 0 spiro atoms. The van der Waals surface area contributed by atoms with Gasteiger partial charge in [-0.2, -0.15) is 0 Å². The van der Waals surface area contributed by atoms with Crippen LogP contribution in [0.2, 0.25) is 0 Å². The fourth-order valence-electron chi connectivity index (χ4n) is 1.60. The highest BCUT2D eigenvalue weighted by molar-refractivity contribution is 7.85. The summed E-state index contributed by atoms with van der Waals surface area (Å²) < 4.78 is 11.3. The average Bonchev–Trinajstić information content (AvgIpc) is 2.28. The normalized spacial score (nSPS) is 30.8. The molecule has 0 aromatic carbocycles. The minimum absolute atomic E-state index is 0.200. The van der Waals surface area contributed by atoms with Gasteiger partial charge in [-0.25, -0.2) is 0 Å². The van der Waals surface area contributed by atoms with Gasteiger partial charge < -0.3 is 5.73 Å². The lowest BCUT2D eigenvalue weighted by Crippen LogP contribution is -2.45. The maximum absolute atomic E-state index is 11.3. The molecule has 0 amide bonds. The Morgan fingerprint density at radius 1 is 1.31 bits per heavy atom. The maximum atomic E-state index is 11.3. The standard InChI is InChI=1S/C9H20N2OS/c1-8(10)9(2)11-4-3-6-13(12)7-5-11/h8-9H,3-7,10H2,1-2H3. The lowest BCUT2D eigenvalue weighted by molar-refractivity contribution is 0.203. The first-order valence-corrected chi connectivity index (χ1v) is 6.44. The highest BCUT2D eigenvalue weighted by atomic mass is 32.2. The zero-order valence-electron chi connectivity index (χ0n) is 8.53. The molecule has 0 aromatic heterocycles. The van der Waals surface area contributed by atoms with Gasteiger partial charge in [0.15, 0.2) is 0 Å². The minimum atomic E-state index is -0.591. The molecule has 1 heterocycles. The van der Waals surface area contributed by atoms with E-state index in [1.54, 1.807) is 0 Å². The minimum Gasteiger partial charge on any atom is -0.327 e. The first-order chi connectivity index (χ1) is 6.11. The molecule has 4 heteroatoms. The number of nitrogens with zero attached hydrogens (tertiary/aromatic N) is 1. The Labute approximate surface area is 83.1 Å². The summed E-state index contributed by atoms with van der Waals surface area (Å²) in [7, 11) is -0.591. The molecule has 1 fully saturated rings. The third-order valence-electron chi connectivity index (χ3n) is 2.76. The second kappa shape index (κ2) is 5.08. The van der Waals surface area contributed by atoms with Crippen LogP contribution in [0, 0.1) is 0 Å². The van der Waals surface area contributed by atoms with Gasteiger partial charge in [-0.15, -0.1) is 0 Å². The van der Waals surface area contributed by atoms with E-state index in [1.807, 2.05) is 6.92 Å². The van der Waals surface area contributed by atoms with E-state index in [1.165, 1.54) is 0 Å². The summed E-state index contributed by atoms with van der Waals surface area (Å²) in [4.78, 5) is 2.36. The van der Waals surface area contributed by atoms with Crippen LogP contribution in [0.15, 0.2) is 0 Å². The zero-order valence-corrected chi connectivity index (χ0v) is 9.35. The van der Waals surface area contributed by atoms with Gasteiger partial charge in [0.1, 0.15) is 0 Å². The topological polar surface area (TPSA) is 46.3 Å². The van der Waals surface area contributed by atoms with Crippen LogP contribution in [-0.4, -0.2) is 45.8 Å². The van der Waals surface area contributed by atoms with Crippen molar-refractivity contribution in [3.05, 3.63) is 0 Å². The van der Waals surface area contributed by atoms with Gasteiger partial charge in [0.05, 0.1) is 0 Å². The van der Waals surface area contributed by atoms with Gasteiger partial charge in [-0.1, -0.05) is 0 Å². The van der Waals surface area contributed by atoms with Gasteiger partial charge in [0, 0.05) is 40.9 Å². The van der Waals surface area contributed by atoms with Crippen molar-refractivity contribution in [3.8, 4) is 0 Å². The van der Waals surface area contributed by atoms with Crippen LogP contribution in [0.4, 0.5) is 0 Å². The van der Waals surface area contributed by atoms with Crippen LogP contribution >= 0.6 is 0 Å². The van der Waals surface area contributed by atoms with Gasteiger partial charge in [0.2, 0.25) is 0 Å². The lowest BCUT2D eigenvalue weighted by Gasteiger charge is -2.29. The summed E-state index contributed by atoms with van der Waals surface area (Å²) in [5, 5.41) is 0. The monoisotopic (exact) mass is 204 g/mol. The fourth-order valence-corrected chi connectivity index (χ4v) is 2.69. The van der Waals surface area contributed by atoms with Crippen molar-refractivity contribution in [1.29, 1.82) is 0 Å². The fraction of sp³-hybridized carbons (Fsp3) is 1.00. The quantitative estimate of drug-likeness (QED) is 0.698. The van der Waals surface area contributed by atoms with Crippen molar-refractivity contribution in [2.24, 2.45) is 5.73 Å². The predicted molar refractivity (Wildman–Crippen MR) is 57.2 cm³/mol. The summed E-state index contributed by atoms with van der Waals surface area (Å²) in [6, 6.07) is 0.613. The van der Waals surface area contributed by atoms with Crippen LogP contribution in [0.5, 0.6) is 0 Å². The Balaban J connectivity index is 2.46. The van der Waals surface area contributed by atoms with Crippen molar-refractivity contribution in [2.45, 2.75) is 32.4 Å². The van der Waals surface area contributed by atoms with E-state index in [2.05, 4.69) is 11.8 Å². The summed E-state index contributed by atoms with van der Waals surface area (Å²) >= 11 is 0. The molecule has 0 saturated carbocycles. The largest absolute Gasteiger partial charge is 0.327 e. The first kappa shape index (κ1) is 11.1. The maximum Gasteiger partial charge on any atom is 0.0362 e. The van der Waals surface area contributed by atoms with E-state index in [0.717, 1.165) is 31.0 Å². The molecular formula is C9H20N2OS. The molecule has 1 aliphatic heterocycles. The third kappa shape index (κ3) is 3.37. The molecule has 3 atom stereocenters. The zero-order chi connectivity index (χ0) is 9.84. The van der Waals surface area contributed by atoms with E-state index < -0.39 is 10.8 Å². The molecule has 13 heavy (non-hydrogen) atoms. The summed E-state index contributed by atoms with van der Waals surface area (Å²) in [5.74, 6) is 1.68. The lowest BCUT2D eigenvalue weighted by atomic mass is 10.1. The molecule has 0 bridgehead atoms. The molecule has 0 radical (unpaired) electrons. The molecule has 1 saturated heterocycles. The Hall–Kier alpha value is 0.0700. The molecular weight excluding hydrogens is 184 g/mol. The predicted octanol–water partition coefficient (Wildman–Crippen LogP) is 0.177. The van der Waals surface area contributed by atoms with E-state index in [0.29, 0.717) is 6.04 Å². The Morgan fingerprint density at radius 3 is 2.62 bits per heavy atom. The smallest absolute Gasteiger partial charge is 0.0362 e. The van der Waals surface area contributed by atoms with Crippen LogP contribution in [0.3, 0.4) is 0 Å². The third-order valence-corrected chi connectivity index (χ3v) is 4.14. The van der Waals surface area contributed by atoms with Gasteiger partial charge in [-0.3, -0.25) is 9.11 Å². The number of rotatable bonds is 2. The van der Waals surface area contributed by atoms with Crippen molar-refractivity contribution in [1.82, 2.24) is 4.90 Å². The number of hydrogen-bond donors (Lipinski definition) is 1. The number of hydrogen-bond acceptors (Lipinski definition) is 3. The summed E-state index contributed by atoms with van der Waals surface area (Å²) in [6.07, 6.45) is 1.05. The molecule has 3 unspecified atom stereocenters. The van der Waals surface area contributed by atoms with Crippen molar-refractivity contribution < 1.29 is 4.21 Å². The Bertz CT molecular complexity index is 184. The summed E-state index contributed by atoms with van der Waals surface area (Å²) in [6.45, 7) is 6.18. The molecule has 3 nitrogen and oxygen atoms in total. The molecule has 0 aromatic rings. The van der Waals surface area contributed by atoms with Crippen LogP contribution < -0.4 is 5.73 Å². The van der Waals surface area contributed by atoms with Crippen LogP contribution in [-0.2, 0) is 10.8 Å². The highest BCUT2D eigenvalue weighted by Gasteiger charge is 2.20. The SMILES string of the molecule is CC(N)C(C)N1CCCS(=O)CC1. The van der Waals surface area contributed by atoms with E-state index >= 15 is 0 Å². The molecule has 0 aliphatic carbocycles. The molecule has 1 aliphatic rings. The Kier molecular flexibility index (Phi) is 4.35. The highest BCUT2D eigenvalue weighted by Crippen LogP contribution is 2.08. The van der Waals surface area contributed by atoms with Crippen LogP contribution in [0.1, 0.15) is 20.3 Å². The second-order valence-electron chi connectivity index (χ2n) is 3.84. The van der Waals surface area contributed by atoms with Crippen molar-refractivity contribution in [2.75, 3.05) is 24.6 Å². The molecule has 78 valence electrons. The van der Waals surface area contributed by atoms with Gasteiger partial charge in [0.25, 0.3) is 0 Å². The van der Waals surface area contributed by atoms with E-state index in [-0.39, 0.29) is 6.04 Å². The molecule has 1 rings (SSSR count). The van der Waals surface area contributed by atoms with E-state index in [9.17, 15) is 4.21 Å². The van der Waals surface area contributed by atoms with Gasteiger partial charge >= 0.3 is 0 Å². The first-order valence-electron chi connectivity index (χ1n) is 4.96. The second-order valence-corrected chi connectivity index (χ2v) is 5.53. The molecule has 2 N–H and O–H groups in total. The average molecular weight is 204 g/mol. The van der Waals surface area contributed by atoms with E-state index in [4.69, 9.17) is 5.73 Å². The number of nitrogens with two attached hydrogens (primary N) is 1. The Morgan fingerprint density at radius 2 is 2.00 bits per heavy atom. The van der Waals surface area contributed by atoms with Gasteiger partial charge in [-0.05, 0) is 26.8 Å². The van der Waals surface area contributed by atoms with Crippen molar-refractivity contribution >= 4 is 10.8 Å². The van der Waals surface area contributed by atoms with Crippen LogP contribution in [0.25, 0.3) is 0 Å².